The number of hydrogen-bond donors (Lipinski definition) is 1. The molecule has 1 N–H and O–H groups in total. The zero-order valence-corrected chi connectivity index (χ0v) is 13.6. The van der Waals surface area contributed by atoms with Crippen molar-refractivity contribution in [3.05, 3.63) is 29.6 Å². The van der Waals surface area contributed by atoms with Crippen LogP contribution < -0.4 is 5.32 Å². The molecule has 112 valence electrons. The topological polar surface area (TPSA) is 24.9 Å². The van der Waals surface area contributed by atoms with E-state index in [2.05, 4.69) is 50.3 Å². The lowest BCUT2D eigenvalue weighted by Gasteiger charge is -2.43. The summed E-state index contributed by atoms with van der Waals surface area (Å²) in [6.07, 6.45) is 9.64. The van der Waals surface area contributed by atoms with Gasteiger partial charge in [0.1, 0.15) is 0 Å². The van der Waals surface area contributed by atoms with Crippen molar-refractivity contribution in [3.8, 4) is 0 Å². The average molecular weight is 274 g/mol. The first-order valence-corrected chi connectivity index (χ1v) is 8.18. The molecule has 1 aliphatic carbocycles. The van der Waals surface area contributed by atoms with Gasteiger partial charge in [0, 0.05) is 24.4 Å². The summed E-state index contributed by atoms with van der Waals surface area (Å²) in [5.74, 6) is 0.758. The molecule has 2 rings (SSSR count). The highest BCUT2D eigenvalue weighted by molar-refractivity contribution is 5.15. The van der Waals surface area contributed by atoms with Crippen molar-refractivity contribution in [2.75, 3.05) is 7.05 Å². The summed E-state index contributed by atoms with van der Waals surface area (Å²) in [4.78, 5) is 4.64. The predicted octanol–water partition coefficient (Wildman–Crippen LogP) is 3.99. The fourth-order valence-corrected chi connectivity index (χ4v) is 3.72. The van der Waals surface area contributed by atoms with Crippen LogP contribution in [0, 0.1) is 11.3 Å². The van der Waals surface area contributed by atoms with Crippen molar-refractivity contribution < 1.29 is 0 Å². The SMILES string of the molecule is CCc1ccc(CC(NC)C2CCCCC2(C)C)nc1. The van der Waals surface area contributed by atoms with Gasteiger partial charge in [-0.25, -0.2) is 0 Å². The van der Waals surface area contributed by atoms with Gasteiger partial charge >= 0.3 is 0 Å². The number of likely N-dealkylation sites (N-methyl/N-ethyl adjacent to an activating group) is 1. The van der Waals surface area contributed by atoms with Crippen LogP contribution in [0.1, 0.15) is 57.7 Å². The van der Waals surface area contributed by atoms with E-state index in [-0.39, 0.29) is 0 Å². The third kappa shape index (κ3) is 3.60. The van der Waals surface area contributed by atoms with Crippen LogP contribution >= 0.6 is 0 Å². The van der Waals surface area contributed by atoms with Gasteiger partial charge in [-0.2, -0.15) is 0 Å². The van der Waals surface area contributed by atoms with E-state index < -0.39 is 0 Å². The Hall–Kier alpha value is -0.890. The van der Waals surface area contributed by atoms with Crippen LogP contribution in [0.15, 0.2) is 18.3 Å². The van der Waals surface area contributed by atoms with E-state index in [4.69, 9.17) is 0 Å². The van der Waals surface area contributed by atoms with Crippen molar-refractivity contribution in [2.24, 2.45) is 11.3 Å². The van der Waals surface area contributed by atoms with Gasteiger partial charge in [-0.15, -0.1) is 0 Å². The second-order valence-corrected chi connectivity index (χ2v) is 6.95. The fraction of sp³-hybridized carbons (Fsp3) is 0.722. The molecule has 0 radical (unpaired) electrons. The highest BCUT2D eigenvalue weighted by Crippen LogP contribution is 2.42. The zero-order chi connectivity index (χ0) is 14.6. The van der Waals surface area contributed by atoms with Gasteiger partial charge in [-0.3, -0.25) is 4.98 Å². The van der Waals surface area contributed by atoms with Gasteiger partial charge in [0.25, 0.3) is 0 Å². The summed E-state index contributed by atoms with van der Waals surface area (Å²) in [5, 5.41) is 3.56. The van der Waals surface area contributed by atoms with E-state index in [1.807, 2.05) is 6.20 Å². The number of aryl methyl sites for hydroxylation is 1. The van der Waals surface area contributed by atoms with Crippen LogP contribution in [-0.4, -0.2) is 18.1 Å². The minimum atomic E-state index is 0.454. The molecule has 0 bridgehead atoms. The molecule has 20 heavy (non-hydrogen) atoms. The largest absolute Gasteiger partial charge is 0.316 e. The Balaban J connectivity index is 2.07. The molecule has 0 aromatic carbocycles. The smallest absolute Gasteiger partial charge is 0.0419 e. The number of rotatable bonds is 5. The Morgan fingerprint density at radius 1 is 1.35 bits per heavy atom. The monoisotopic (exact) mass is 274 g/mol. The number of aromatic nitrogens is 1. The summed E-state index contributed by atoms with van der Waals surface area (Å²) < 4.78 is 0. The van der Waals surface area contributed by atoms with Crippen molar-refractivity contribution >= 4 is 0 Å². The van der Waals surface area contributed by atoms with Crippen LogP contribution in [-0.2, 0) is 12.8 Å². The number of hydrogen-bond acceptors (Lipinski definition) is 2. The van der Waals surface area contributed by atoms with Crippen LogP contribution in [0.2, 0.25) is 0 Å². The molecule has 1 aliphatic rings. The maximum atomic E-state index is 4.64. The summed E-state index contributed by atoms with van der Waals surface area (Å²) in [5.41, 5.74) is 3.01. The molecule has 1 saturated carbocycles. The van der Waals surface area contributed by atoms with Gasteiger partial charge in [-0.1, -0.05) is 39.7 Å². The molecular formula is C18H30N2. The first-order chi connectivity index (χ1) is 9.56. The molecule has 2 heteroatoms. The Labute approximate surface area is 124 Å². The highest BCUT2D eigenvalue weighted by atomic mass is 14.9. The molecule has 0 aliphatic heterocycles. The van der Waals surface area contributed by atoms with Crippen LogP contribution in [0.3, 0.4) is 0 Å². The van der Waals surface area contributed by atoms with E-state index >= 15 is 0 Å². The molecule has 2 atom stereocenters. The van der Waals surface area contributed by atoms with Gasteiger partial charge in [0.05, 0.1) is 0 Å². The molecule has 1 aromatic heterocycles. The van der Waals surface area contributed by atoms with E-state index in [1.54, 1.807) is 0 Å². The molecular weight excluding hydrogens is 244 g/mol. The molecule has 0 saturated heterocycles. The fourth-order valence-electron chi connectivity index (χ4n) is 3.72. The van der Waals surface area contributed by atoms with E-state index in [0.717, 1.165) is 18.8 Å². The zero-order valence-electron chi connectivity index (χ0n) is 13.6. The van der Waals surface area contributed by atoms with Crippen molar-refractivity contribution in [1.82, 2.24) is 10.3 Å². The summed E-state index contributed by atoms with van der Waals surface area (Å²) >= 11 is 0. The third-order valence-corrected chi connectivity index (χ3v) is 5.17. The van der Waals surface area contributed by atoms with Gasteiger partial charge in [0.15, 0.2) is 0 Å². The van der Waals surface area contributed by atoms with Crippen molar-refractivity contribution in [2.45, 2.75) is 65.3 Å². The Morgan fingerprint density at radius 2 is 2.15 bits per heavy atom. The third-order valence-electron chi connectivity index (χ3n) is 5.17. The molecule has 0 spiro atoms. The van der Waals surface area contributed by atoms with Crippen molar-refractivity contribution in [3.63, 3.8) is 0 Å². The first-order valence-electron chi connectivity index (χ1n) is 8.18. The van der Waals surface area contributed by atoms with E-state index in [0.29, 0.717) is 11.5 Å². The summed E-state index contributed by atoms with van der Waals surface area (Å²) in [6.45, 7) is 7.06. The molecule has 1 fully saturated rings. The lowest BCUT2D eigenvalue weighted by molar-refractivity contribution is 0.101. The summed E-state index contributed by atoms with van der Waals surface area (Å²) in [7, 11) is 2.11. The summed E-state index contributed by atoms with van der Waals surface area (Å²) in [6, 6.07) is 4.98. The second kappa shape index (κ2) is 6.71. The molecule has 2 unspecified atom stereocenters. The average Bonchev–Trinajstić information content (AvgIpc) is 2.45. The van der Waals surface area contributed by atoms with E-state index in [9.17, 15) is 0 Å². The number of nitrogens with zero attached hydrogens (tertiary/aromatic N) is 1. The van der Waals surface area contributed by atoms with Gasteiger partial charge in [-0.05, 0) is 49.3 Å². The lowest BCUT2D eigenvalue weighted by atomic mass is 9.65. The van der Waals surface area contributed by atoms with Crippen LogP contribution in [0.25, 0.3) is 0 Å². The Bertz CT molecular complexity index is 408. The molecule has 2 nitrogen and oxygen atoms in total. The maximum absolute atomic E-state index is 4.64. The standard InChI is InChI=1S/C18H30N2/c1-5-14-9-10-15(20-13-14)12-17(19-4)16-8-6-7-11-18(16,2)3/h9-10,13,16-17,19H,5-8,11-12H2,1-4H3. The Kier molecular flexibility index (Phi) is 5.20. The highest BCUT2D eigenvalue weighted by Gasteiger charge is 2.36. The minimum absolute atomic E-state index is 0.454. The van der Waals surface area contributed by atoms with Crippen LogP contribution in [0.5, 0.6) is 0 Å². The van der Waals surface area contributed by atoms with Gasteiger partial charge < -0.3 is 5.32 Å². The molecule has 0 amide bonds. The maximum Gasteiger partial charge on any atom is 0.0419 e. The lowest BCUT2D eigenvalue weighted by Crippen LogP contribution is -2.44. The minimum Gasteiger partial charge on any atom is -0.316 e. The predicted molar refractivity (Wildman–Crippen MR) is 85.9 cm³/mol. The Morgan fingerprint density at radius 3 is 2.70 bits per heavy atom. The molecule has 1 heterocycles. The molecule has 1 aromatic rings. The number of nitrogens with one attached hydrogen (secondary N) is 1. The normalized spacial score (nSPS) is 23.5. The first kappa shape index (κ1) is 15.5. The van der Waals surface area contributed by atoms with Gasteiger partial charge in [0.2, 0.25) is 0 Å². The van der Waals surface area contributed by atoms with Crippen LogP contribution in [0.4, 0.5) is 0 Å². The van der Waals surface area contributed by atoms with E-state index in [1.165, 1.54) is 36.9 Å². The number of pyridine rings is 1. The second-order valence-electron chi connectivity index (χ2n) is 6.95. The quantitative estimate of drug-likeness (QED) is 0.878. The van der Waals surface area contributed by atoms with Crippen molar-refractivity contribution in [1.29, 1.82) is 0 Å².